The summed E-state index contributed by atoms with van der Waals surface area (Å²) in [6.07, 6.45) is 11.1. The second-order valence-electron chi connectivity index (χ2n) is 5.60. The Morgan fingerprint density at radius 3 is 2.39 bits per heavy atom. The predicted octanol–water partition coefficient (Wildman–Crippen LogP) is 5.26. The molecule has 3 nitrogen and oxygen atoms in total. The number of alkyl halides is 1. The summed E-state index contributed by atoms with van der Waals surface area (Å²) >= 11 is 3.42. The molecule has 0 saturated carbocycles. The van der Waals surface area contributed by atoms with E-state index in [-0.39, 0.29) is 5.97 Å². The van der Waals surface area contributed by atoms with E-state index in [4.69, 9.17) is 9.47 Å². The Hall–Kier alpha value is -0.530. The van der Waals surface area contributed by atoms with Gasteiger partial charge in [-0.3, -0.25) is 4.79 Å². The molecule has 23 heavy (non-hydrogen) atoms. The lowest BCUT2D eigenvalue weighted by molar-refractivity contribution is -0.144. The van der Waals surface area contributed by atoms with Gasteiger partial charge in [0.15, 0.2) is 0 Å². The van der Waals surface area contributed by atoms with Crippen molar-refractivity contribution in [2.45, 2.75) is 77.6 Å². The molecule has 4 heteroatoms. The summed E-state index contributed by atoms with van der Waals surface area (Å²) in [4.78, 5) is 11.5. The molecule has 0 atom stereocenters. The Bertz CT molecular complexity index is 320. The average molecular weight is 389 g/mol. The zero-order chi connectivity index (χ0) is 17.0. The number of hydrogen-bond donors (Lipinski definition) is 0. The molecular weight excluding hydrogens is 356 g/mol. The fourth-order valence-electron chi connectivity index (χ4n) is 1.97. The van der Waals surface area contributed by atoms with Crippen LogP contribution in [0.4, 0.5) is 0 Å². The van der Waals surface area contributed by atoms with Crippen molar-refractivity contribution in [1.82, 2.24) is 0 Å². The van der Waals surface area contributed by atoms with Crippen LogP contribution in [0, 0.1) is 11.8 Å². The lowest BCUT2D eigenvalue weighted by Crippen LogP contribution is -2.07. The van der Waals surface area contributed by atoms with Gasteiger partial charge in [0.05, 0.1) is 13.2 Å². The third kappa shape index (κ3) is 19.4. The first-order chi connectivity index (χ1) is 11.3. The van der Waals surface area contributed by atoms with E-state index in [0.717, 1.165) is 37.4 Å². The maximum absolute atomic E-state index is 11.5. The van der Waals surface area contributed by atoms with Crippen LogP contribution in [0.2, 0.25) is 0 Å². The van der Waals surface area contributed by atoms with Crippen molar-refractivity contribution in [1.29, 1.82) is 0 Å². The molecular formula is C19H33BrO3. The summed E-state index contributed by atoms with van der Waals surface area (Å²) in [6, 6.07) is 0. The summed E-state index contributed by atoms with van der Waals surface area (Å²) in [7, 11) is 0. The van der Waals surface area contributed by atoms with Crippen LogP contribution in [0.5, 0.6) is 0 Å². The van der Waals surface area contributed by atoms with Gasteiger partial charge in [0.1, 0.15) is 0 Å². The molecule has 0 aromatic heterocycles. The minimum Gasteiger partial charge on any atom is -0.466 e. The van der Waals surface area contributed by atoms with E-state index in [1.807, 2.05) is 0 Å². The number of rotatable bonds is 15. The molecule has 0 fully saturated rings. The number of ether oxygens (including phenoxy) is 2. The molecule has 0 aliphatic rings. The molecule has 0 aliphatic heterocycles. The van der Waals surface area contributed by atoms with Gasteiger partial charge in [-0.1, -0.05) is 48.5 Å². The molecule has 0 amide bonds. The molecule has 0 bridgehead atoms. The van der Waals surface area contributed by atoms with Crippen LogP contribution >= 0.6 is 15.9 Å². The molecule has 0 heterocycles. The Morgan fingerprint density at radius 1 is 0.870 bits per heavy atom. The lowest BCUT2D eigenvalue weighted by Gasteiger charge is -2.05. The molecule has 134 valence electrons. The van der Waals surface area contributed by atoms with Crippen LogP contribution in [0.3, 0.4) is 0 Å². The molecule has 0 aromatic rings. The highest BCUT2D eigenvalue weighted by Crippen LogP contribution is 2.05. The normalized spacial score (nSPS) is 10.2. The van der Waals surface area contributed by atoms with Gasteiger partial charge >= 0.3 is 5.97 Å². The Kier molecular flexibility index (Phi) is 19.1. The molecule has 0 rings (SSSR count). The maximum atomic E-state index is 11.5. The first-order valence-corrected chi connectivity index (χ1v) is 10.2. The van der Waals surface area contributed by atoms with Crippen molar-refractivity contribution in [3.8, 4) is 11.8 Å². The molecule has 0 radical (unpaired) electrons. The minimum absolute atomic E-state index is 0.103. The number of hydrogen-bond acceptors (Lipinski definition) is 3. The van der Waals surface area contributed by atoms with Gasteiger partial charge < -0.3 is 9.47 Å². The van der Waals surface area contributed by atoms with Crippen molar-refractivity contribution in [3.05, 3.63) is 0 Å². The van der Waals surface area contributed by atoms with Crippen LogP contribution in [0.1, 0.15) is 77.6 Å². The van der Waals surface area contributed by atoms with E-state index in [9.17, 15) is 4.79 Å². The summed E-state index contributed by atoms with van der Waals surface area (Å²) < 4.78 is 10.7. The fraction of sp³-hybridized carbons (Fsp3) is 0.842. The van der Waals surface area contributed by atoms with Crippen molar-refractivity contribution < 1.29 is 14.3 Å². The minimum atomic E-state index is -0.103. The van der Waals surface area contributed by atoms with Gasteiger partial charge in [0.2, 0.25) is 0 Å². The predicted molar refractivity (Wildman–Crippen MR) is 99.8 cm³/mol. The van der Waals surface area contributed by atoms with Crippen molar-refractivity contribution >= 4 is 21.9 Å². The molecule has 0 aliphatic carbocycles. The fourth-order valence-corrected chi connectivity index (χ4v) is 2.37. The highest BCUT2D eigenvalue weighted by molar-refractivity contribution is 9.09. The second kappa shape index (κ2) is 19.5. The highest BCUT2D eigenvalue weighted by atomic mass is 79.9. The Balaban J connectivity index is 3.22. The number of unbranched alkanes of at least 4 members (excludes halogenated alkanes) is 6. The molecule has 0 aromatic carbocycles. The van der Waals surface area contributed by atoms with Crippen LogP contribution in [-0.4, -0.2) is 31.1 Å². The Morgan fingerprint density at radius 2 is 1.61 bits per heavy atom. The second-order valence-corrected chi connectivity index (χ2v) is 6.39. The van der Waals surface area contributed by atoms with E-state index in [0.29, 0.717) is 26.2 Å². The molecule has 0 saturated heterocycles. The standard InChI is InChI=1S/C19H33BrO3/c1-2-3-4-5-8-11-16-22-17-13-14-19(21)23-18-12-9-6-7-10-15-20/h2-4,6-7,9-18H2,1H3. The molecule has 0 N–H and O–H groups in total. The third-order valence-corrected chi connectivity index (χ3v) is 3.92. The quantitative estimate of drug-likeness (QED) is 0.166. The van der Waals surface area contributed by atoms with Gasteiger partial charge in [-0.05, 0) is 25.7 Å². The van der Waals surface area contributed by atoms with E-state index < -0.39 is 0 Å². The molecule has 0 unspecified atom stereocenters. The van der Waals surface area contributed by atoms with Crippen LogP contribution < -0.4 is 0 Å². The van der Waals surface area contributed by atoms with Crippen molar-refractivity contribution in [3.63, 3.8) is 0 Å². The summed E-state index contributed by atoms with van der Waals surface area (Å²) in [5, 5.41) is 1.08. The number of carbonyl (C=O) groups is 1. The largest absolute Gasteiger partial charge is 0.466 e. The third-order valence-electron chi connectivity index (χ3n) is 3.36. The highest BCUT2D eigenvalue weighted by Gasteiger charge is 2.02. The van der Waals surface area contributed by atoms with E-state index in [2.05, 4.69) is 34.7 Å². The van der Waals surface area contributed by atoms with E-state index in [1.165, 1.54) is 32.1 Å². The maximum Gasteiger partial charge on any atom is 0.305 e. The van der Waals surface area contributed by atoms with Crippen LogP contribution in [-0.2, 0) is 14.3 Å². The SMILES string of the molecule is CCCCC#CCCOCCCC(=O)OCCCCCCCBr. The van der Waals surface area contributed by atoms with Gasteiger partial charge in [-0.15, -0.1) is 11.8 Å². The first kappa shape index (κ1) is 22.5. The summed E-state index contributed by atoms with van der Waals surface area (Å²) in [6.45, 7) is 3.99. The van der Waals surface area contributed by atoms with Gasteiger partial charge in [0.25, 0.3) is 0 Å². The van der Waals surface area contributed by atoms with Gasteiger partial charge in [-0.25, -0.2) is 0 Å². The van der Waals surface area contributed by atoms with Gasteiger partial charge in [-0.2, -0.15) is 0 Å². The van der Waals surface area contributed by atoms with Crippen LogP contribution in [0.25, 0.3) is 0 Å². The zero-order valence-corrected chi connectivity index (χ0v) is 16.3. The first-order valence-electron chi connectivity index (χ1n) is 9.06. The number of carbonyl (C=O) groups excluding carboxylic acids is 1. The zero-order valence-electron chi connectivity index (χ0n) is 14.7. The van der Waals surface area contributed by atoms with E-state index in [1.54, 1.807) is 0 Å². The number of esters is 1. The van der Waals surface area contributed by atoms with Crippen molar-refractivity contribution in [2.75, 3.05) is 25.2 Å². The lowest BCUT2D eigenvalue weighted by atomic mass is 10.2. The summed E-state index contributed by atoms with van der Waals surface area (Å²) in [5.41, 5.74) is 0. The Labute approximate surface area is 151 Å². The van der Waals surface area contributed by atoms with Crippen LogP contribution in [0.15, 0.2) is 0 Å². The monoisotopic (exact) mass is 388 g/mol. The van der Waals surface area contributed by atoms with E-state index >= 15 is 0 Å². The molecule has 0 spiro atoms. The average Bonchev–Trinajstić information content (AvgIpc) is 2.55. The summed E-state index contributed by atoms with van der Waals surface area (Å²) in [5.74, 6) is 6.13. The van der Waals surface area contributed by atoms with Crippen molar-refractivity contribution in [2.24, 2.45) is 0 Å². The van der Waals surface area contributed by atoms with Gasteiger partial charge in [0, 0.05) is 31.2 Å². The topological polar surface area (TPSA) is 35.5 Å². The number of halogens is 1. The smallest absolute Gasteiger partial charge is 0.305 e.